The Morgan fingerprint density at radius 2 is 2.10 bits per heavy atom. The molecule has 1 aromatic carbocycles. The molecule has 21 heavy (non-hydrogen) atoms. The number of carbonyl (C=O) groups is 2. The first-order chi connectivity index (χ1) is 9.97. The van der Waals surface area contributed by atoms with Gasteiger partial charge in [-0.15, -0.1) is 11.8 Å². The summed E-state index contributed by atoms with van der Waals surface area (Å²) >= 11 is 1.18. The molecule has 0 radical (unpaired) electrons. The highest BCUT2D eigenvalue weighted by Crippen LogP contribution is 2.27. The van der Waals surface area contributed by atoms with Crippen LogP contribution in [0.1, 0.15) is 23.0 Å². The number of nitrogens with zero attached hydrogens (tertiary/aromatic N) is 1. The zero-order valence-corrected chi connectivity index (χ0v) is 12.3. The molecule has 0 fully saturated rings. The Hall–Kier alpha value is -2.28. The van der Waals surface area contributed by atoms with Gasteiger partial charge in [-0.3, -0.25) is 4.79 Å². The van der Waals surface area contributed by atoms with Gasteiger partial charge in [0.05, 0.1) is 10.8 Å². The molecular weight excluding hydrogens is 292 g/mol. The largest absolute Gasteiger partial charge is 0.478 e. The van der Waals surface area contributed by atoms with E-state index in [1.165, 1.54) is 17.8 Å². The van der Waals surface area contributed by atoms with Gasteiger partial charge in [0, 0.05) is 11.0 Å². The third-order valence-electron chi connectivity index (χ3n) is 2.67. The highest BCUT2D eigenvalue weighted by molar-refractivity contribution is 8.00. The van der Waals surface area contributed by atoms with Crippen LogP contribution in [0.4, 0.5) is 5.82 Å². The second-order valence-corrected chi connectivity index (χ2v) is 5.76. The van der Waals surface area contributed by atoms with Gasteiger partial charge in [0.25, 0.3) is 0 Å². The normalized spacial score (nSPS) is 11.9. The minimum atomic E-state index is -1.02. The van der Waals surface area contributed by atoms with Gasteiger partial charge >= 0.3 is 5.97 Å². The quantitative estimate of drug-likeness (QED) is 0.825. The second kappa shape index (κ2) is 6.45. The molecule has 110 valence electrons. The summed E-state index contributed by atoms with van der Waals surface area (Å²) in [4.78, 5) is 23.7. The van der Waals surface area contributed by atoms with Crippen molar-refractivity contribution in [3.05, 3.63) is 41.7 Å². The van der Waals surface area contributed by atoms with Gasteiger partial charge in [-0.25, -0.2) is 4.79 Å². The summed E-state index contributed by atoms with van der Waals surface area (Å²) in [6.07, 6.45) is 0. The highest BCUT2D eigenvalue weighted by Gasteiger charge is 2.19. The van der Waals surface area contributed by atoms with Crippen molar-refractivity contribution >= 4 is 29.5 Å². The van der Waals surface area contributed by atoms with Crippen LogP contribution in [0.2, 0.25) is 0 Å². The number of rotatable bonds is 5. The predicted molar refractivity (Wildman–Crippen MR) is 78.6 cm³/mol. The van der Waals surface area contributed by atoms with Crippen LogP contribution in [0.3, 0.4) is 0 Å². The Labute approximate surface area is 125 Å². The number of carbonyl (C=O) groups excluding carboxylic acids is 1. The number of carboxylic acid groups (broad SMARTS) is 1. The Morgan fingerprint density at radius 3 is 2.71 bits per heavy atom. The van der Waals surface area contributed by atoms with E-state index in [4.69, 9.17) is 9.63 Å². The first kappa shape index (κ1) is 15.1. The molecule has 2 rings (SSSR count). The molecule has 2 aromatic rings. The van der Waals surface area contributed by atoms with Crippen LogP contribution < -0.4 is 5.32 Å². The van der Waals surface area contributed by atoms with Crippen molar-refractivity contribution in [3.63, 3.8) is 0 Å². The van der Waals surface area contributed by atoms with Crippen LogP contribution in [0.5, 0.6) is 0 Å². The molecule has 0 bridgehead atoms. The number of aromatic nitrogens is 1. The van der Waals surface area contributed by atoms with E-state index in [9.17, 15) is 9.59 Å². The minimum Gasteiger partial charge on any atom is -0.478 e. The SMILES string of the molecule is Cc1cc(NC(=O)[C@@H](C)Sc2ccccc2C(=O)O)no1. The average molecular weight is 306 g/mol. The third-order valence-corrected chi connectivity index (χ3v) is 3.85. The molecule has 0 aliphatic heterocycles. The van der Waals surface area contributed by atoms with Crippen LogP contribution >= 0.6 is 11.8 Å². The smallest absolute Gasteiger partial charge is 0.336 e. The second-order valence-electron chi connectivity index (χ2n) is 4.37. The topological polar surface area (TPSA) is 92.4 Å². The number of thioether (sulfide) groups is 1. The van der Waals surface area contributed by atoms with E-state index in [2.05, 4.69) is 10.5 Å². The number of amides is 1. The molecular formula is C14H14N2O4S. The van der Waals surface area contributed by atoms with Gasteiger partial charge in [0.15, 0.2) is 5.82 Å². The van der Waals surface area contributed by atoms with Crippen molar-refractivity contribution in [2.24, 2.45) is 0 Å². The lowest BCUT2D eigenvalue weighted by molar-refractivity contribution is -0.115. The Kier molecular flexibility index (Phi) is 4.64. The van der Waals surface area contributed by atoms with E-state index in [1.807, 2.05) is 0 Å². The fourth-order valence-electron chi connectivity index (χ4n) is 1.64. The molecule has 1 amide bonds. The maximum absolute atomic E-state index is 12.0. The summed E-state index contributed by atoms with van der Waals surface area (Å²) < 4.78 is 4.86. The standard InChI is InChI=1S/C14H14N2O4S/c1-8-7-12(16-20-8)15-13(17)9(2)21-11-6-4-3-5-10(11)14(18)19/h3-7,9H,1-2H3,(H,18,19)(H,15,16,17)/t9-/m1/s1. The number of carboxylic acids is 1. The van der Waals surface area contributed by atoms with E-state index in [0.717, 1.165) is 0 Å². The number of aromatic carboxylic acids is 1. The summed E-state index contributed by atoms with van der Waals surface area (Å²) in [6.45, 7) is 3.43. The molecule has 1 aromatic heterocycles. The van der Waals surface area contributed by atoms with E-state index in [1.54, 1.807) is 38.1 Å². The van der Waals surface area contributed by atoms with Gasteiger partial charge in [-0.1, -0.05) is 17.3 Å². The molecule has 2 N–H and O–H groups in total. The Balaban J connectivity index is 2.05. The van der Waals surface area contributed by atoms with Crippen molar-refractivity contribution in [1.29, 1.82) is 0 Å². The molecule has 1 atom stereocenters. The van der Waals surface area contributed by atoms with Crippen molar-refractivity contribution in [2.75, 3.05) is 5.32 Å². The maximum atomic E-state index is 12.0. The van der Waals surface area contributed by atoms with Gasteiger partial charge in [0.1, 0.15) is 5.76 Å². The number of nitrogens with one attached hydrogen (secondary N) is 1. The van der Waals surface area contributed by atoms with Crippen LogP contribution in [0.15, 0.2) is 39.8 Å². The van der Waals surface area contributed by atoms with E-state index in [-0.39, 0.29) is 11.5 Å². The van der Waals surface area contributed by atoms with E-state index >= 15 is 0 Å². The fourth-order valence-corrected chi connectivity index (χ4v) is 2.63. The van der Waals surface area contributed by atoms with Crippen LogP contribution in [0.25, 0.3) is 0 Å². The van der Waals surface area contributed by atoms with Crippen molar-refractivity contribution in [1.82, 2.24) is 5.16 Å². The van der Waals surface area contributed by atoms with Gasteiger partial charge < -0.3 is 14.9 Å². The molecule has 0 saturated carbocycles. The number of hydrogen-bond donors (Lipinski definition) is 2. The summed E-state index contributed by atoms with van der Waals surface area (Å²) in [5, 5.41) is 14.9. The first-order valence-electron chi connectivity index (χ1n) is 6.20. The highest BCUT2D eigenvalue weighted by atomic mass is 32.2. The molecule has 1 heterocycles. The van der Waals surface area contributed by atoms with E-state index in [0.29, 0.717) is 16.5 Å². The maximum Gasteiger partial charge on any atom is 0.336 e. The summed E-state index contributed by atoms with van der Waals surface area (Å²) in [7, 11) is 0. The van der Waals surface area contributed by atoms with Crippen LogP contribution in [-0.4, -0.2) is 27.4 Å². The van der Waals surface area contributed by atoms with Crippen LogP contribution in [-0.2, 0) is 4.79 Å². The minimum absolute atomic E-state index is 0.180. The Morgan fingerprint density at radius 1 is 1.38 bits per heavy atom. The van der Waals surface area contributed by atoms with Crippen molar-refractivity contribution < 1.29 is 19.2 Å². The van der Waals surface area contributed by atoms with Crippen molar-refractivity contribution in [2.45, 2.75) is 24.0 Å². The lowest BCUT2D eigenvalue weighted by atomic mass is 10.2. The fraction of sp³-hybridized carbons (Fsp3) is 0.214. The summed E-state index contributed by atoms with van der Waals surface area (Å²) in [6, 6.07) is 8.19. The van der Waals surface area contributed by atoms with Crippen LogP contribution in [0, 0.1) is 6.92 Å². The molecule has 0 spiro atoms. The van der Waals surface area contributed by atoms with Gasteiger partial charge in [-0.2, -0.15) is 0 Å². The molecule has 0 aliphatic carbocycles. The average Bonchev–Trinajstić information content (AvgIpc) is 2.84. The lowest BCUT2D eigenvalue weighted by Gasteiger charge is -2.12. The first-order valence-corrected chi connectivity index (χ1v) is 7.08. The number of anilines is 1. The molecule has 7 heteroatoms. The molecule has 0 unspecified atom stereocenters. The third kappa shape index (κ3) is 3.85. The summed E-state index contributed by atoms with van der Waals surface area (Å²) in [5.41, 5.74) is 0.180. The lowest BCUT2D eigenvalue weighted by Crippen LogP contribution is -2.22. The van der Waals surface area contributed by atoms with Gasteiger partial charge in [-0.05, 0) is 26.0 Å². The zero-order valence-electron chi connectivity index (χ0n) is 11.5. The predicted octanol–water partition coefficient (Wildman–Crippen LogP) is 2.80. The Bertz CT molecular complexity index is 668. The van der Waals surface area contributed by atoms with Gasteiger partial charge in [0.2, 0.25) is 5.91 Å². The number of benzene rings is 1. The molecule has 0 saturated heterocycles. The van der Waals surface area contributed by atoms with Crippen molar-refractivity contribution in [3.8, 4) is 0 Å². The zero-order chi connectivity index (χ0) is 15.4. The summed E-state index contributed by atoms with van der Waals surface area (Å²) in [5.74, 6) is -0.343. The number of aryl methyl sites for hydroxylation is 1. The number of hydrogen-bond acceptors (Lipinski definition) is 5. The molecule has 6 nitrogen and oxygen atoms in total. The molecule has 0 aliphatic rings. The van der Waals surface area contributed by atoms with E-state index < -0.39 is 11.2 Å². The monoisotopic (exact) mass is 306 g/mol.